The Balaban J connectivity index is 2.18. The number of carboxylic acid groups (broad SMARTS) is 1. The lowest BCUT2D eigenvalue weighted by atomic mass is 10.0. The van der Waals surface area contributed by atoms with Gasteiger partial charge in [-0.25, -0.2) is 0 Å². The highest BCUT2D eigenvalue weighted by molar-refractivity contribution is 7.99. The summed E-state index contributed by atoms with van der Waals surface area (Å²) in [7, 11) is 1.76. The average molecular weight is 259 g/mol. The molecule has 1 unspecified atom stereocenters. The first-order valence-corrected chi connectivity index (χ1v) is 7.28. The minimum atomic E-state index is -0.797. The highest BCUT2D eigenvalue weighted by atomic mass is 32.2. The van der Waals surface area contributed by atoms with Gasteiger partial charge in [-0.1, -0.05) is 0 Å². The van der Waals surface area contributed by atoms with Gasteiger partial charge in [0.1, 0.15) is 0 Å². The minimum Gasteiger partial charge on any atom is -0.481 e. The first-order chi connectivity index (χ1) is 8.09. The number of carbonyl (C=O) groups excluding carboxylic acids is 1. The summed E-state index contributed by atoms with van der Waals surface area (Å²) in [5, 5.41) is 8.52. The van der Waals surface area contributed by atoms with E-state index in [9.17, 15) is 9.59 Å². The van der Waals surface area contributed by atoms with Gasteiger partial charge >= 0.3 is 5.97 Å². The third-order valence-corrected chi connectivity index (χ3v) is 4.31. The highest BCUT2D eigenvalue weighted by Crippen LogP contribution is 2.25. The van der Waals surface area contributed by atoms with Gasteiger partial charge in [0.2, 0.25) is 5.91 Å². The Morgan fingerprint density at radius 1 is 1.47 bits per heavy atom. The molecule has 1 atom stereocenters. The third kappa shape index (κ3) is 5.96. The van der Waals surface area contributed by atoms with Crippen LogP contribution in [0.15, 0.2) is 0 Å². The molecule has 0 aromatic carbocycles. The Morgan fingerprint density at radius 2 is 2.24 bits per heavy atom. The Morgan fingerprint density at radius 3 is 2.82 bits per heavy atom. The summed E-state index contributed by atoms with van der Waals surface area (Å²) in [6, 6.07) is 0. The topological polar surface area (TPSA) is 57.6 Å². The number of carbonyl (C=O) groups is 2. The molecule has 1 fully saturated rings. The van der Waals surface area contributed by atoms with Crippen molar-refractivity contribution in [3.05, 3.63) is 0 Å². The number of rotatable bonds is 6. The summed E-state index contributed by atoms with van der Waals surface area (Å²) in [4.78, 5) is 23.9. The fourth-order valence-corrected chi connectivity index (χ4v) is 3.12. The summed E-state index contributed by atoms with van der Waals surface area (Å²) < 4.78 is 0. The molecule has 0 aromatic heterocycles. The third-order valence-electron chi connectivity index (χ3n) is 3.03. The molecule has 5 heteroatoms. The smallest absolute Gasteiger partial charge is 0.303 e. The molecule has 0 radical (unpaired) electrons. The Labute approximate surface area is 107 Å². The lowest BCUT2D eigenvalue weighted by Gasteiger charge is -2.24. The van der Waals surface area contributed by atoms with Crippen LogP contribution in [-0.4, -0.2) is 47.0 Å². The predicted octanol–water partition coefficient (Wildman–Crippen LogP) is 1.84. The fraction of sp³-hybridized carbons (Fsp3) is 0.833. The Kier molecular flexibility index (Phi) is 6.40. The molecular weight excluding hydrogens is 238 g/mol. The van der Waals surface area contributed by atoms with E-state index < -0.39 is 5.97 Å². The zero-order valence-electron chi connectivity index (χ0n) is 10.4. The molecule has 1 heterocycles. The molecule has 1 saturated heterocycles. The zero-order valence-corrected chi connectivity index (χ0v) is 11.2. The minimum absolute atomic E-state index is 0.136. The Hall–Kier alpha value is -0.710. The van der Waals surface area contributed by atoms with Crippen LogP contribution in [0.3, 0.4) is 0 Å². The van der Waals surface area contributed by atoms with Crippen LogP contribution < -0.4 is 0 Å². The van der Waals surface area contributed by atoms with Crippen LogP contribution in [0.5, 0.6) is 0 Å². The molecule has 17 heavy (non-hydrogen) atoms. The van der Waals surface area contributed by atoms with E-state index in [1.807, 2.05) is 11.8 Å². The van der Waals surface area contributed by atoms with E-state index in [2.05, 4.69) is 0 Å². The number of thioether (sulfide) groups is 1. The maximum atomic E-state index is 11.9. The summed E-state index contributed by atoms with van der Waals surface area (Å²) in [5.41, 5.74) is 0. The van der Waals surface area contributed by atoms with E-state index in [0.29, 0.717) is 25.3 Å². The van der Waals surface area contributed by atoms with Crippen molar-refractivity contribution in [3.8, 4) is 0 Å². The van der Waals surface area contributed by atoms with Crippen molar-refractivity contribution >= 4 is 23.6 Å². The fourth-order valence-electron chi connectivity index (χ4n) is 1.96. The lowest BCUT2D eigenvalue weighted by Crippen LogP contribution is -2.30. The van der Waals surface area contributed by atoms with Gasteiger partial charge in [-0.05, 0) is 36.7 Å². The highest BCUT2D eigenvalue weighted by Gasteiger charge is 2.19. The van der Waals surface area contributed by atoms with Gasteiger partial charge in [-0.2, -0.15) is 11.8 Å². The van der Waals surface area contributed by atoms with E-state index in [4.69, 9.17) is 5.11 Å². The molecule has 1 amide bonds. The monoisotopic (exact) mass is 259 g/mol. The van der Waals surface area contributed by atoms with Crippen LogP contribution in [0, 0.1) is 5.92 Å². The molecule has 0 saturated carbocycles. The lowest BCUT2D eigenvalue weighted by molar-refractivity contribution is -0.138. The molecule has 1 N–H and O–H groups in total. The SMILES string of the molecule is CN(CCCC(=O)O)C(=O)CC1CCCSC1. The molecule has 0 spiro atoms. The maximum Gasteiger partial charge on any atom is 0.303 e. The van der Waals surface area contributed by atoms with Gasteiger partial charge in [0.15, 0.2) is 0 Å². The number of aliphatic carboxylic acids is 1. The molecule has 98 valence electrons. The van der Waals surface area contributed by atoms with Gasteiger partial charge in [0.05, 0.1) is 0 Å². The van der Waals surface area contributed by atoms with Gasteiger partial charge in [0, 0.05) is 26.4 Å². The first kappa shape index (κ1) is 14.4. The van der Waals surface area contributed by atoms with Crippen molar-refractivity contribution in [2.75, 3.05) is 25.1 Å². The molecular formula is C12H21NO3S. The molecule has 0 aliphatic carbocycles. The molecule has 4 nitrogen and oxygen atoms in total. The summed E-state index contributed by atoms with van der Waals surface area (Å²) >= 11 is 1.93. The van der Waals surface area contributed by atoms with Crippen LogP contribution in [0.25, 0.3) is 0 Å². The van der Waals surface area contributed by atoms with E-state index in [0.717, 1.165) is 12.2 Å². The van der Waals surface area contributed by atoms with Crippen LogP contribution in [0.1, 0.15) is 32.1 Å². The van der Waals surface area contributed by atoms with E-state index in [1.54, 1.807) is 11.9 Å². The second kappa shape index (κ2) is 7.58. The molecule has 1 aliphatic heterocycles. The van der Waals surface area contributed by atoms with Gasteiger partial charge < -0.3 is 10.0 Å². The van der Waals surface area contributed by atoms with Crippen LogP contribution in [0.2, 0.25) is 0 Å². The second-order valence-corrected chi connectivity index (χ2v) is 5.75. The standard InChI is InChI=1S/C12H21NO3S/c1-13(6-2-5-12(15)16)11(14)8-10-4-3-7-17-9-10/h10H,2-9H2,1H3,(H,15,16). The summed E-state index contributed by atoms with van der Waals surface area (Å²) in [6.45, 7) is 0.547. The van der Waals surface area contributed by atoms with Crippen molar-refractivity contribution in [1.29, 1.82) is 0 Å². The Bertz CT molecular complexity index is 264. The van der Waals surface area contributed by atoms with Gasteiger partial charge in [0.25, 0.3) is 0 Å². The van der Waals surface area contributed by atoms with Crippen molar-refractivity contribution < 1.29 is 14.7 Å². The van der Waals surface area contributed by atoms with Crippen LogP contribution in [-0.2, 0) is 9.59 Å². The number of amides is 1. The second-order valence-electron chi connectivity index (χ2n) is 4.60. The molecule has 0 aromatic rings. The quantitative estimate of drug-likeness (QED) is 0.791. The van der Waals surface area contributed by atoms with Gasteiger partial charge in [-0.3, -0.25) is 9.59 Å². The van der Waals surface area contributed by atoms with E-state index >= 15 is 0 Å². The average Bonchev–Trinajstić information content (AvgIpc) is 2.29. The number of nitrogens with zero attached hydrogens (tertiary/aromatic N) is 1. The van der Waals surface area contributed by atoms with Crippen molar-refractivity contribution in [2.45, 2.75) is 32.1 Å². The molecule has 1 aliphatic rings. The molecule has 0 bridgehead atoms. The van der Waals surface area contributed by atoms with Crippen molar-refractivity contribution in [3.63, 3.8) is 0 Å². The first-order valence-electron chi connectivity index (χ1n) is 6.13. The largest absolute Gasteiger partial charge is 0.481 e. The van der Waals surface area contributed by atoms with Crippen LogP contribution >= 0.6 is 11.8 Å². The number of carboxylic acids is 1. The zero-order chi connectivity index (χ0) is 12.7. The van der Waals surface area contributed by atoms with Crippen molar-refractivity contribution in [1.82, 2.24) is 4.90 Å². The van der Waals surface area contributed by atoms with Crippen molar-refractivity contribution in [2.24, 2.45) is 5.92 Å². The number of hydrogen-bond acceptors (Lipinski definition) is 3. The summed E-state index contributed by atoms with van der Waals surface area (Å²) in [5.74, 6) is 2.19. The van der Waals surface area contributed by atoms with Crippen LogP contribution in [0.4, 0.5) is 0 Å². The normalized spacial score (nSPS) is 19.9. The number of hydrogen-bond donors (Lipinski definition) is 1. The maximum absolute atomic E-state index is 11.9. The summed E-state index contributed by atoms with van der Waals surface area (Å²) in [6.07, 6.45) is 3.66. The van der Waals surface area contributed by atoms with Gasteiger partial charge in [-0.15, -0.1) is 0 Å². The van der Waals surface area contributed by atoms with E-state index in [-0.39, 0.29) is 12.3 Å². The predicted molar refractivity (Wildman–Crippen MR) is 69.2 cm³/mol. The van der Waals surface area contributed by atoms with E-state index in [1.165, 1.54) is 12.2 Å². The molecule has 1 rings (SSSR count).